The van der Waals surface area contributed by atoms with Crippen LogP contribution in [-0.2, 0) is 22.5 Å². The summed E-state index contributed by atoms with van der Waals surface area (Å²) in [6.07, 6.45) is 0.664. The van der Waals surface area contributed by atoms with Crippen molar-refractivity contribution in [3.8, 4) is 0 Å². The minimum absolute atomic E-state index is 0.106. The van der Waals surface area contributed by atoms with Gasteiger partial charge in [-0.25, -0.2) is 13.1 Å². The number of benzene rings is 2. The lowest BCUT2D eigenvalue weighted by Gasteiger charge is -2.29. The minimum Gasteiger partial charge on any atom is -0.302 e. The molecule has 0 saturated carbocycles. The van der Waals surface area contributed by atoms with Gasteiger partial charge in [-0.3, -0.25) is 4.79 Å². The molecule has 3 rings (SSSR count). The van der Waals surface area contributed by atoms with Crippen LogP contribution in [-0.4, -0.2) is 19.0 Å². The monoisotopic (exact) mass is 404 g/mol. The van der Waals surface area contributed by atoms with Gasteiger partial charge in [-0.2, -0.15) is 0 Å². The normalized spacial score (nSPS) is 13.8. The van der Waals surface area contributed by atoms with E-state index in [1.54, 1.807) is 25.2 Å². The molecule has 1 heterocycles. The summed E-state index contributed by atoms with van der Waals surface area (Å²) in [5.41, 5.74) is 1.75. The highest BCUT2D eigenvalue weighted by Gasteiger charge is 2.26. The van der Waals surface area contributed by atoms with E-state index >= 15 is 0 Å². The fraction of sp³-hybridized carbons (Fsp3) is 0.350. The second-order valence-electron chi connectivity index (χ2n) is 7.53. The quantitative estimate of drug-likeness (QED) is 0.682. The Hall–Kier alpha value is -1.96. The van der Waals surface area contributed by atoms with Crippen LogP contribution < -0.4 is 9.60 Å². The van der Waals surface area contributed by atoms with E-state index in [4.69, 9.17) is 0 Å². The van der Waals surface area contributed by atoms with Gasteiger partial charge < -0.3 is 4.57 Å². The van der Waals surface area contributed by atoms with Crippen molar-refractivity contribution in [2.75, 3.05) is 0 Å². The number of aromatic nitrogens is 1. The lowest BCUT2D eigenvalue weighted by Crippen LogP contribution is -2.37. The van der Waals surface area contributed by atoms with Gasteiger partial charge in [0.25, 0.3) is 0 Å². The maximum Gasteiger partial charge on any atom is 0.307 e. The van der Waals surface area contributed by atoms with E-state index < -0.39 is 10.0 Å². The number of rotatable bonds is 6. The molecule has 27 heavy (non-hydrogen) atoms. The molecule has 0 aliphatic rings. The molecule has 0 bridgehead atoms. The SMILES string of the molecule is CC(CC(C)(C)c1ccccc1)NS(=O)(=O)c1ccc2c(c1)sc(=O)n2C. The lowest BCUT2D eigenvalue weighted by atomic mass is 9.79. The van der Waals surface area contributed by atoms with E-state index in [9.17, 15) is 13.2 Å². The minimum atomic E-state index is -3.66. The number of thiazole rings is 1. The van der Waals surface area contributed by atoms with Crippen molar-refractivity contribution in [2.24, 2.45) is 7.05 Å². The van der Waals surface area contributed by atoms with Crippen LogP contribution in [0.1, 0.15) is 32.8 Å². The third-order valence-electron chi connectivity index (χ3n) is 4.80. The van der Waals surface area contributed by atoms with Crippen LogP contribution >= 0.6 is 11.3 Å². The number of nitrogens with zero attached hydrogens (tertiary/aromatic N) is 1. The first-order valence-corrected chi connectivity index (χ1v) is 11.1. The zero-order valence-corrected chi connectivity index (χ0v) is 17.5. The van der Waals surface area contributed by atoms with Gasteiger partial charge >= 0.3 is 4.87 Å². The summed E-state index contributed by atoms with van der Waals surface area (Å²) < 4.78 is 30.6. The molecule has 7 heteroatoms. The average molecular weight is 405 g/mol. The van der Waals surface area contributed by atoms with Gasteiger partial charge in [0.05, 0.1) is 15.1 Å². The Labute approximate surface area is 163 Å². The first-order valence-electron chi connectivity index (χ1n) is 8.77. The first-order chi connectivity index (χ1) is 12.6. The van der Waals surface area contributed by atoms with Crippen LogP contribution in [0.15, 0.2) is 58.2 Å². The molecule has 1 N–H and O–H groups in total. The maximum absolute atomic E-state index is 12.8. The molecule has 0 aliphatic carbocycles. The molecule has 0 amide bonds. The Balaban J connectivity index is 1.80. The van der Waals surface area contributed by atoms with Crippen molar-refractivity contribution in [3.63, 3.8) is 0 Å². The molecule has 0 aliphatic heterocycles. The van der Waals surface area contributed by atoms with E-state index in [0.29, 0.717) is 11.1 Å². The van der Waals surface area contributed by atoms with Crippen molar-refractivity contribution in [1.82, 2.24) is 9.29 Å². The molecule has 0 radical (unpaired) electrons. The van der Waals surface area contributed by atoms with Gasteiger partial charge in [0.15, 0.2) is 0 Å². The van der Waals surface area contributed by atoms with E-state index in [2.05, 4.69) is 30.7 Å². The molecule has 1 aromatic heterocycles. The Bertz CT molecular complexity index is 1110. The van der Waals surface area contributed by atoms with Crippen LogP contribution in [0.3, 0.4) is 0 Å². The second kappa shape index (κ2) is 7.22. The molecule has 144 valence electrons. The van der Waals surface area contributed by atoms with Gasteiger partial charge in [-0.1, -0.05) is 55.5 Å². The van der Waals surface area contributed by atoms with Crippen LogP contribution in [0, 0.1) is 0 Å². The number of aryl methyl sites for hydroxylation is 1. The van der Waals surface area contributed by atoms with Crippen LogP contribution in [0.2, 0.25) is 0 Å². The largest absolute Gasteiger partial charge is 0.307 e. The third kappa shape index (κ3) is 4.15. The third-order valence-corrected chi connectivity index (χ3v) is 7.38. The number of hydrogen-bond donors (Lipinski definition) is 1. The molecule has 2 aromatic carbocycles. The zero-order valence-electron chi connectivity index (χ0n) is 15.9. The predicted octanol–water partition coefficient (Wildman–Crippen LogP) is 3.63. The standard InChI is InChI=1S/C20H24N2O3S2/c1-14(13-20(2,3)15-8-6-5-7-9-15)21-27(24,25)16-10-11-17-18(12-16)26-19(23)22(17)4/h5-12,14,21H,13H2,1-4H3. The summed E-state index contributed by atoms with van der Waals surface area (Å²) in [4.78, 5) is 11.9. The second-order valence-corrected chi connectivity index (χ2v) is 10.2. The van der Waals surface area contributed by atoms with E-state index in [1.165, 1.54) is 10.1 Å². The Kier molecular flexibility index (Phi) is 5.29. The van der Waals surface area contributed by atoms with Gasteiger partial charge in [0.1, 0.15) is 0 Å². The summed E-state index contributed by atoms with van der Waals surface area (Å²) >= 11 is 1.05. The van der Waals surface area contributed by atoms with E-state index in [-0.39, 0.29) is 21.2 Å². The molecule has 5 nitrogen and oxygen atoms in total. The fourth-order valence-electron chi connectivity index (χ4n) is 3.43. The molecule has 1 unspecified atom stereocenters. The van der Waals surface area contributed by atoms with Crippen molar-refractivity contribution in [2.45, 2.75) is 43.5 Å². The highest BCUT2D eigenvalue weighted by atomic mass is 32.2. The smallest absolute Gasteiger partial charge is 0.302 e. The number of hydrogen-bond acceptors (Lipinski definition) is 4. The molecule has 1 atom stereocenters. The highest BCUT2D eigenvalue weighted by molar-refractivity contribution is 7.89. The number of nitrogens with one attached hydrogen (secondary N) is 1. The molecular weight excluding hydrogens is 380 g/mol. The zero-order chi connectivity index (χ0) is 19.8. The summed E-state index contributed by atoms with van der Waals surface area (Å²) in [6.45, 7) is 6.10. The maximum atomic E-state index is 12.8. The molecule has 0 spiro atoms. The molecule has 3 aromatic rings. The average Bonchev–Trinajstić information content (AvgIpc) is 2.88. The summed E-state index contributed by atoms with van der Waals surface area (Å²) in [7, 11) is -1.98. The van der Waals surface area contributed by atoms with Crippen molar-refractivity contribution in [3.05, 3.63) is 63.8 Å². The Morgan fingerprint density at radius 3 is 2.48 bits per heavy atom. The van der Waals surface area contributed by atoms with Crippen LogP contribution in [0.4, 0.5) is 0 Å². The van der Waals surface area contributed by atoms with Gasteiger partial charge in [0.2, 0.25) is 10.0 Å². The van der Waals surface area contributed by atoms with Crippen LogP contribution in [0.25, 0.3) is 10.2 Å². The van der Waals surface area contributed by atoms with E-state index in [0.717, 1.165) is 16.9 Å². The predicted molar refractivity (Wildman–Crippen MR) is 111 cm³/mol. The van der Waals surface area contributed by atoms with Gasteiger partial charge in [-0.15, -0.1) is 0 Å². The van der Waals surface area contributed by atoms with Crippen LogP contribution in [0.5, 0.6) is 0 Å². The van der Waals surface area contributed by atoms with Crippen molar-refractivity contribution < 1.29 is 8.42 Å². The van der Waals surface area contributed by atoms with E-state index in [1.807, 2.05) is 25.1 Å². The van der Waals surface area contributed by atoms with Crippen molar-refractivity contribution >= 4 is 31.6 Å². The van der Waals surface area contributed by atoms with Crippen molar-refractivity contribution in [1.29, 1.82) is 0 Å². The Morgan fingerprint density at radius 1 is 1.15 bits per heavy atom. The number of sulfonamides is 1. The number of fused-ring (bicyclic) bond motifs is 1. The lowest BCUT2D eigenvalue weighted by molar-refractivity contribution is 0.418. The Morgan fingerprint density at radius 2 is 1.81 bits per heavy atom. The molecule has 0 saturated heterocycles. The summed E-state index contributed by atoms with van der Waals surface area (Å²) in [5.74, 6) is 0. The molecule has 0 fully saturated rings. The highest BCUT2D eigenvalue weighted by Crippen LogP contribution is 2.29. The topological polar surface area (TPSA) is 68.2 Å². The first kappa shape index (κ1) is 19.8. The van der Waals surface area contributed by atoms with Gasteiger partial charge in [-0.05, 0) is 42.5 Å². The van der Waals surface area contributed by atoms with Gasteiger partial charge in [0, 0.05) is 13.1 Å². The summed E-state index contributed by atoms with van der Waals surface area (Å²) in [6, 6.07) is 14.6. The molecular formula is C20H24N2O3S2. The summed E-state index contributed by atoms with van der Waals surface area (Å²) in [5, 5.41) is 0. The fourth-order valence-corrected chi connectivity index (χ4v) is 5.69.